The van der Waals surface area contributed by atoms with Gasteiger partial charge in [-0.1, -0.05) is 12.1 Å². The number of carbonyl (C=O) groups excluding carboxylic acids is 1. The Morgan fingerprint density at radius 1 is 1.23 bits per heavy atom. The number of anilines is 1. The Morgan fingerprint density at radius 3 is 2.46 bits per heavy atom. The molecule has 0 saturated heterocycles. The zero-order chi connectivity index (χ0) is 19.5. The number of sulfonamides is 1. The number of carboxylic acids is 1. The number of aromatic carboxylic acids is 1. The molecular formula is C17H20N2O6S. The Kier molecular flexibility index (Phi) is 5.71. The largest absolute Gasteiger partial charge is 0.478 e. The van der Waals surface area contributed by atoms with Crippen LogP contribution in [-0.4, -0.2) is 43.1 Å². The number of aryl methyl sites for hydroxylation is 1. The lowest BCUT2D eigenvalue weighted by atomic mass is 10.1. The Labute approximate surface area is 151 Å². The van der Waals surface area contributed by atoms with E-state index < -0.39 is 21.9 Å². The van der Waals surface area contributed by atoms with E-state index in [-0.39, 0.29) is 34.9 Å². The summed E-state index contributed by atoms with van der Waals surface area (Å²) in [4.78, 5) is 25.1. The number of nitrogens with one attached hydrogen (secondary N) is 1. The molecular weight excluding hydrogens is 360 g/mol. The summed E-state index contributed by atoms with van der Waals surface area (Å²) in [5, 5.41) is 9.06. The number of rotatable bonds is 7. The quantitative estimate of drug-likeness (QED) is 0.761. The molecule has 0 bridgehead atoms. The predicted molar refractivity (Wildman–Crippen MR) is 95.7 cm³/mol. The first-order valence-corrected chi connectivity index (χ1v) is 9.47. The molecule has 140 valence electrons. The lowest BCUT2D eigenvalue weighted by Gasteiger charge is -2.18. The van der Waals surface area contributed by atoms with E-state index in [1.165, 1.54) is 44.0 Å². The van der Waals surface area contributed by atoms with Gasteiger partial charge in [-0.15, -0.1) is 0 Å². The number of furan rings is 1. The van der Waals surface area contributed by atoms with E-state index in [1.807, 2.05) is 0 Å². The van der Waals surface area contributed by atoms with Crippen molar-refractivity contribution in [1.82, 2.24) is 4.90 Å². The molecule has 0 unspecified atom stereocenters. The van der Waals surface area contributed by atoms with Crippen molar-refractivity contribution in [2.45, 2.75) is 20.4 Å². The monoisotopic (exact) mass is 380 g/mol. The molecule has 0 spiro atoms. The van der Waals surface area contributed by atoms with Gasteiger partial charge in [0, 0.05) is 7.05 Å². The van der Waals surface area contributed by atoms with Crippen LogP contribution in [0.25, 0.3) is 0 Å². The second kappa shape index (κ2) is 7.61. The molecule has 1 heterocycles. The van der Waals surface area contributed by atoms with E-state index in [0.717, 1.165) is 0 Å². The third kappa shape index (κ3) is 4.42. The fourth-order valence-corrected chi connectivity index (χ4v) is 3.00. The van der Waals surface area contributed by atoms with E-state index in [1.54, 1.807) is 12.1 Å². The van der Waals surface area contributed by atoms with Gasteiger partial charge in [-0.3, -0.25) is 9.52 Å². The fourth-order valence-electron chi connectivity index (χ4n) is 2.34. The second-order valence-electron chi connectivity index (χ2n) is 5.70. The summed E-state index contributed by atoms with van der Waals surface area (Å²) in [5.74, 6) is -1.07. The van der Waals surface area contributed by atoms with Gasteiger partial charge in [0.1, 0.15) is 17.1 Å². The molecule has 0 saturated carbocycles. The van der Waals surface area contributed by atoms with Gasteiger partial charge in [-0.05, 0) is 32.0 Å². The van der Waals surface area contributed by atoms with Crippen LogP contribution in [0.1, 0.15) is 39.2 Å². The number of hydrogen-bond donors (Lipinski definition) is 2. The van der Waals surface area contributed by atoms with Crippen molar-refractivity contribution in [1.29, 1.82) is 0 Å². The summed E-state index contributed by atoms with van der Waals surface area (Å²) in [6, 6.07) is 7.65. The highest BCUT2D eigenvalue weighted by molar-refractivity contribution is 7.92. The third-order valence-electron chi connectivity index (χ3n) is 3.74. The number of amides is 1. The zero-order valence-corrected chi connectivity index (χ0v) is 15.5. The number of benzene rings is 1. The maximum Gasteiger partial charge on any atom is 0.339 e. The molecule has 2 rings (SSSR count). The predicted octanol–water partition coefficient (Wildman–Crippen LogP) is 2.32. The van der Waals surface area contributed by atoms with Crippen LogP contribution in [0.15, 0.2) is 34.7 Å². The molecule has 0 fully saturated rings. The summed E-state index contributed by atoms with van der Waals surface area (Å²) in [5.41, 5.74) is 0.416. The molecule has 2 aromatic rings. The van der Waals surface area contributed by atoms with E-state index >= 15 is 0 Å². The summed E-state index contributed by atoms with van der Waals surface area (Å²) >= 11 is 0. The van der Waals surface area contributed by atoms with E-state index in [0.29, 0.717) is 5.76 Å². The SMILES string of the molecule is CCS(=O)(=O)Nc1ccccc1C(=O)N(C)Cc1cc(C(=O)O)c(C)o1. The van der Waals surface area contributed by atoms with E-state index in [2.05, 4.69) is 4.72 Å². The number of nitrogens with zero attached hydrogens (tertiary/aromatic N) is 1. The van der Waals surface area contributed by atoms with Gasteiger partial charge in [-0.25, -0.2) is 13.2 Å². The minimum Gasteiger partial charge on any atom is -0.478 e. The first kappa shape index (κ1) is 19.5. The molecule has 26 heavy (non-hydrogen) atoms. The molecule has 1 aromatic carbocycles. The van der Waals surface area contributed by atoms with Crippen molar-refractivity contribution in [3.63, 3.8) is 0 Å². The van der Waals surface area contributed by atoms with Crippen LogP contribution in [0.5, 0.6) is 0 Å². The van der Waals surface area contributed by atoms with E-state index in [9.17, 15) is 18.0 Å². The average Bonchev–Trinajstić information content (AvgIpc) is 2.95. The average molecular weight is 380 g/mol. The van der Waals surface area contributed by atoms with Crippen molar-refractivity contribution in [3.05, 3.63) is 53.0 Å². The fraction of sp³-hybridized carbons (Fsp3) is 0.294. The molecule has 0 aliphatic heterocycles. The summed E-state index contributed by atoms with van der Waals surface area (Å²) in [6.45, 7) is 3.07. The number of hydrogen-bond acceptors (Lipinski definition) is 5. The first-order chi connectivity index (χ1) is 12.1. The highest BCUT2D eigenvalue weighted by Crippen LogP contribution is 2.21. The van der Waals surface area contributed by atoms with Crippen LogP contribution in [0, 0.1) is 6.92 Å². The van der Waals surface area contributed by atoms with Gasteiger partial charge in [0.15, 0.2) is 0 Å². The van der Waals surface area contributed by atoms with Crippen LogP contribution in [0.4, 0.5) is 5.69 Å². The smallest absolute Gasteiger partial charge is 0.339 e. The van der Waals surface area contributed by atoms with Crippen LogP contribution < -0.4 is 4.72 Å². The maximum atomic E-state index is 12.7. The first-order valence-electron chi connectivity index (χ1n) is 7.82. The third-order valence-corrected chi connectivity index (χ3v) is 5.03. The van der Waals surface area contributed by atoms with Crippen LogP contribution >= 0.6 is 0 Å². The van der Waals surface area contributed by atoms with Crippen molar-refractivity contribution < 1.29 is 27.5 Å². The summed E-state index contributed by atoms with van der Waals surface area (Å²) < 4.78 is 31.4. The molecule has 1 amide bonds. The van der Waals surface area contributed by atoms with Gasteiger partial charge < -0.3 is 14.4 Å². The van der Waals surface area contributed by atoms with Crippen molar-refractivity contribution in [2.75, 3.05) is 17.5 Å². The van der Waals surface area contributed by atoms with Crippen LogP contribution in [0.3, 0.4) is 0 Å². The van der Waals surface area contributed by atoms with Gasteiger partial charge in [0.2, 0.25) is 10.0 Å². The van der Waals surface area contributed by atoms with Gasteiger partial charge in [0.25, 0.3) is 5.91 Å². The van der Waals surface area contributed by atoms with Crippen molar-refractivity contribution >= 4 is 27.6 Å². The maximum absolute atomic E-state index is 12.7. The topological polar surface area (TPSA) is 117 Å². The van der Waals surface area contributed by atoms with Gasteiger partial charge >= 0.3 is 5.97 Å². The zero-order valence-electron chi connectivity index (χ0n) is 14.6. The summed E-state index contributed by atoms with van der Waals surface area (Å²) in [7, 11) is -2.01. The number of carbonyl (C=O) groups is 2. The second-order valence-corrected chi connectivity index (χ2v) is 7.71. The minimum atomic E-state index is -3.53. The molecule has 0 radical (unpaired) electrons. The molecule has 1 aromatic heterocycles. The molecule has 0 aliphatic rings. The lowest BCUT2D eigenvalue weighted by molar-refractivity contribution is 0.0694. The minimum absolute atomic E-state index is 0.0388. The van der Waals surface area contributed by atoms with Crippen LogP contribution in [-0.2, 0) is 16.6 Å². The molecule has 0 atom stereocenters. The highest BCUT2D eigenvalue weighted by Gasteiger charge is 2.21. The van der Waals surface area contributed by atoms with Gasteiger partial charge in [0.05, 0.1) is 23.5 Å². The van der Waals surface area contributed by atoms with Crippen LogP contribution in [0.2, 0.25) is 0 Å². The van der Waals surface area contributed by atoms with E-state index in [4.69, 9.17) is 9.52 Å². The molecule has 8 nitrogen and oxygen atoms in total. The van der Waals surface area contributed by atoms with Crippen molar-refractivity contribution in [3.8, 4) is 0 Å². The lowest BCUT2D eigenvalue weighted by Crippen LogP contribution is -2.27. The Balaban J connectivity index is 2.23. The highest BCUT2D eigenvalue weighted by atomic mass is 32.2. The molecule has 2 N–H and O–H groups in total. The molecule has 9 heteroatoms. The normalized spacial score (nSPS) is 11.2. The Bertz CT molecular complexity index is 932. The van der Waals surface area contributed by atoms with Gasteiger partial charge in [-0.2, -0.15) is 0 Å². The molecule has 0 aliphatic carbocycles. The Morgan fingerprint density at radius 2 is 1.88 bits per heavy atom. The number of carboxylic acid groups (broad SMARTS) is 1. The standard InChI is InChI=1S/C17H20N2O6S/c1-4-26(23,24)18-15-8-6-5-7-13(15)16(20)19(3)10-12-9-14(17(21)22)11(2)25-12/h5-9,18H,4,10H2,1-3H3,(H,21,22). The Hall–Kier alpha value is -2.81. The number of para-hydroxylation sites is 1. The summed E-state index contributed by atoms with van der Waals surface area (Å²) in [6.07, 6.45) is 0. The van der Waals surface area contributed by atoms with Crippen molar-refractivity contribution in [2.24, 2.45) is 0 Å².